The molecule has 130 valence electrons. The van der Waals surface area contributed by atoms with E-state index >= 15 is 0 Å². The van der Waals surface area contributed by atoms with Gasteiger partial charge in [0.05, 0.1) is 41.0 Å². The fourth-order valence-corrected chi connectivity index (χ4v) is 3.39. The second-order valence-corrected chi connectivity index (χ2v) is 5.73. The number of anilines is 1. The molecule has 3 rings (SSSR count). The molecule has 0 radical (unpaired) electrons. The maximum Gasteiger partial charge on any atom is 0.311 e. The molecule has 1 fully saturated rings. The van der Waals surface area contributed by atoms with E-state index in [4.69, 9.17) is 4.74 Å². The van der Waals surface area contributed by atoms with Gasteiger partial charge in [0.25, 0.3) is 11.4 Å². The van der Waals surface area contributed by atoms with Crippen molar-refractivity contribution in [3.8, 4) is 0 Å². The van der Waals surface area contributed by atoms with Gasteiger partial charge < -0.3 is 9.64 Å². The summed E-state index contributed by atoms with van der Waals surface area (Å²) in [5, 5.41) is 22.3. The van der Waals surface area contributed by atoms with Crippen molar-refractivity contribution in [3.63, 3.8) is 0 Å². The second kappa shape index (κ2) is 5.96. The summed E-state index contributed by atoms with van der Waals surface area (Å²) in [6, 6.07) is 1.89. The van der Waals surface area contributed by atoms with Crippen molar-refractivity contribution in [2.24, 2.45) is 5.92 Å². The third-order valence-electron chi connectivity index (χ3n) is 4.48. The predicted octanol–water partition coefficient (Wildman–Crippen LogP) is 1.38. The van der Waals surface area contributed by atoms with Crippen LogP contribution < -0.4 is 4.90 Å². The standard InChI is InChI=1S/C15H13N3O7/c1-25-15(20)9-7-13-14(19)5-4-10(9)16(13)11-3-2-8(17(21)22)6-12(11)18(23)24/h2-6,9-10,13H,7H2,1H3/t9-,10?,13?/m0/s1. The van der Waals surface area contributed by atoms with E-state index in [9.17, 15) is 29.8 Å². The van der Waals surface area contributed by atoms with E-state index in [0.717, 1.165) is 12.1 Å². The Morgan fingerprint density at radius 3 is 2.60 bits per heavy atom. The molecule has 25 heavy (non-hydrogen) atoms. The van der Waals surface area contributed by atoms with Crippen molar-refractivity contribution in [1.29, 1.82) is 0 Å². The zero-order chi connectivity index (χ0) is 18.3. The molecule has 0 spiro atoms. The fourth-order valence-electron chi connectivity index (χ4n) is 3.39. The highest BCUT2D eigenvalue weighted by Gasteiger charge is 2.50. The van der Waals surface area contributed by atoms with Crippen LogP contribution in [0.1, 0.15) is 6.42 Å². The lowest BCUT2D eigenvalue weighted by Gasteiger charge is -2.32. The lowest BCUT2D eigenvalue weighted by molar-refractivity contribution is -0.393. The van der Waals surface area contributed by atoms with Gasteiger partial charge in [-0.3, -0.25) is 29.8 Å². The minimum absolute atomic E-state index is 0.0645. The number of fused-ring (bicyclic) bond motifs is 2. The zero-order valence-corrected chi connectivity index (χ0v) is 13.0. The molecule has 3 atom stereocenters. The van der Waals surface area contributed by atoms with Crippen molar-refractivity contribution in [2.45, 2.75) is 18.5 Å². The number of nitrogens with zero attached hydrogens (tertiary/aromatic N) is 3. The number of ketones is 1. The lowest BCUT2D eigenvalue weighted by atomic mass is 10.0. The van der Waals surface area contributed by atoms with Gasteiger partial charge in [-0.15, -0.1) is 0 Å². The first-order valence-corrected chi connectivity index (χ1v) is 7.36. The molecule has 2 bridgehead atoms. The first kappa shape index (κ1) is 16.6. The van der Waals surface area contributed by atoms with Crippen LogP contribution in [0.2, 0.25) is 0 Å². The van der Waals surface area contributed by atoms with E-state index in [1.54, 1.807) is 0 Å². The predicted molar refractivity (Wildman–Crippen MR) is 84.1 cm³/mol. The molecule has 0 saturated carbocycles. The average Bonchev–Trinajstić information content (AvgIpc) is 2.88. The molecule has 2 unspecified atom stereocenters. The number of nitro groups is 2. The SMILES string of the molecule is COC(=O)[C@H]1CC2C(=O)C=CC1N2c1ccc([N+](=O)[O-])cc1[N+](=O)[O-]. The van der Waals surface area contributed by atoms with Crippen LogP contribution in [0.3, 0.4) is 0 Å². The number of ether oxygens (including phenoxy) is 1. The Bertz CT molecular complexity index is 819. The van der Waals surface area contributed by atoms with Crippen LogP contribution in [0.4, 0.5) is 17.1 Å². The van der Waals surface area contributed by atoms with Crippen LogP contribution in [-0.4, -0.2) is 40.8 Å². The molecular formula is C15H13N3O7. The highest BCUT2D eigenvalue weighted by atomic mass is 16.6. The summed E-state index contributed by atoms with van der Waals surface area (Å²) in [7, 11) is 1.23. The Hall–Kier alpha value is -3.30. The van der Waals surface area contributed by atoms with Gasteiger partial charge in [-0.25, -0.2) is 0 Å². The summed E-state index contributed by atoms with van der Waals surface area (Å²) in [5.74, 6) is -1.44. The van der Waals surface area contributed by atoms with Crippen LogP contribution in [0, 0.1) is 26.1 Å². The molecular weight excluding hydrogens is 334 g/mol. The summed E-state index contributed by atoms with van der Waals surface area (Å²) >= 11 is 0. The molecule has 0 amide bonds. The highest BCUT2D eigenvalue weighted by molar-refractivity contribution is 6.01. The minimum Gasteiger partial charge on any atom is -0.469 e. The zero-order valence-electron chi connectivity index (χ0n) is 13.0. The third-order valence-corrected chi connectivity index (χ3v) is 4.48. The maximum atomic E-state index is 12.2. The third kappa shape index (κ3) is 2.61. The van der Waals surface area contributed by atoms with Crippen molar-refractivity contribution in [1.82, 2.24) is 0 Å². The van der Waals surface area contributed by atoms with Gasteiger partial charge in [0.1, 0.15) is 5.69 Å². The molecule has 0 N–H and O–H groups in total. The lowest BCUT2D eigenvalue weighted by Crippen LogP contribution is -2.44. The number of carbonyl (C=O) groups excluding carboxylic acids is 2. The van der Waals surface area contributed by atoms with E-state index in [1.165, 1.54) is 30.2 Å². The molecule has 1 aromatic carbocycles. The first-order valence-electron chi connectivity index (χ1n) is 7.36. The number of hydrogen-bond acceptors (Lipinski definition) is 8. The highest BCUT2D eigenvalue weighted by Crippen LogP contribution is 2.43. The summed E-state index contributed by atoms with van der Waals surface area (Å²) in [5.41, 5.74) is -0.848. The number of benzene rings is 1. The molecule has 2 aliphatic heterocycles. The van der Waals surface area contributed by atoms with Gasteiger partial charge in [0.2, 0.25) is 0 Å². The van der Waals surface area contributed by atoms with Crippen LogP contribution in [0.5, 0.6) is 0 Å². The topological polar surface area (TPSA) is 133 Å². The second-order valence-electron chi connectivity index (χ2n) is 5.73. The fraction of sp³-hybridized carbons (Fsp3) is 0.333. The molecule has 10 nitrogen and oxygen atoms in total. The van der Waals surface area contributed by atoms with Gasteiger partial charge >= 0.3 is 5.97 Å². The van der Waals surface area contributed by atoms with Crippen LogP contribution in [0.15, 0.2) is 30.4 Å². The van der Waals surface area contributed by atoms with Crippen LogP contribution >= 0.6 is 0 Å². The molecule has 1 aromatic rings. The Kier molecular flexibility index (Phi) is 3.95. The number of methoxy groups -OCH3 is 1. The van der Waals surface area contributed by atoms with Gasteiger partial charge in [-0.05, 0) is 18.6 Å². The summed E-state index contributed by atoms with van der Waals surface area (Å²) < 4.78 is 4.76. The van der Waals surface area contributed by atoms with Crippen LogP contribution in [-0.2, 0) is 14.3 Å². The van der Waals surface area contributed by atoms with Crippen molar-refractivity contribution >= 4 is 28.8 Å². The number of nitro benzene ring substituents is 2. The Morgan fingerprint density at radius 1 is 1.28 bits per heavy atom. The summed E-state index contributed by atoms with van der Waals surface area (Å²) in [6.45, 7) is 0. The van der Waals surface area contributed by atoms with E-state index in [-0.39, 0.29) is 17.9 Å². The molecule has 2 aliphatic rings. The number of carbonyl (C=O) groups is 2. The maximum absolute atomic E-state index is 12.2. The van der Waals surface area contributed by atoms with Crippen molar-refractivity contribution < 1.29 is 24.2 Å². The Balaban J connectivity index is 2.11. The normalized spacial score (nSPS) is 24.3. The molecule has 0 aromatic heterocycles. The first-order chi connectivity index (χ1) is 11.8. The summed E-state index contributed by atoms with van der Waals surface area (Å²) in [4.78, 5) is 46.4. The van der Waals surface area contributed by atoms with E-state index in [2.05, 4.69) is 0 Å². The number of hydrogen-bond donors (Lipinski definition) is 0. The van der Waals surface area contributed by atoms with Gasteiger partial charge in [-0.1, -0.05) is 6.08 Å². The summed E-state index contributed by atoms with van der Waals surface area (Å²) in [6.07, 6.45) is 3.03. The minimum atomic E-state index is -0.751. The van der Waals surface area contributed by atoms with E-state index < -0.39 is 45.2 Å². The van der Waals surface area contributed by atoms with E-state index in [1.807, 2.05) is 0 Å². The monoisotopic (exact) mass is 347 g/mol. The van der Waals surface area contributed by atoms with Gasteiger partial charge in [0, 0.05) is 6.07 Å². The molecule has 2 heterocycles. The number of rotatable bonds is 4. The van der Waals surface area contributed by atoms with Gasteiger partial charge in [-0.2, -0.15) is 0 Å². The smallest absolute Gasteiger partial charge is 0.311 e. The van der Waals surface area contributed by atoms with Gasteiger partial charge in [0.15, 0.2) is 5.78 Å². The number of esters is 1. The van der Waals surface area contributed by atoms with E-state index in [0.29, 0.717) is 0 Å². The average molecular weight is 347 g/mol. The molecule has 1 saturated heterocycles. The van der Waals surface area contributed by atoms with Crippen LogP contribution in [0.25, 0.3) is 0 Å². The largest absolute Gasteiger partial charge is 0.469 e. The van der Waals surface area contributed by atoms with Crippen molar-refractivity contribution in [3.05, 3.63) is 50.6 Å². The quantitative estimate of drug-likeness (QED) is 0.453. The molecule has 10 heteroatoms. The Labute approximate surface area is 141 Å². The van der Waals surface area contributed by atoms with Crippen molar-refractivity contribution in [2.75, 3.05) is 12.0 Å². The number of non-ortho nitro benzene ring substituents is 1. The Morgan fingerprint density at radius 2 is 2.00 bits per heavy atom. The molecule has 0 aliphatic carbocycles.